The van der Waals surface area contributed by atoms with Crippen LogP contribution in [0.5, 0.6) is 11.5 Å². The van der Waals surface area contributed by atoms with Gasteiger partial charge in [0.1, 0.15) is 11.5 Å². The van der Waals surface area contributed by atoms with Crippen LogP contribution in [0.1, 0.15) is 25.0 Å². The van der Waals surface area contributed by atoms with Crippen LogP contribution in [0.4, 0.5) is 13.2 Å². The topological polar surface area (TPSA) is 40.5 Å². The number of phenolic OH excluding ortho intramolecular Hbond substituents is 2. The highest BCUT2D eigenvalue weighted by molar-refractivity contribution is 5.50. The zero-order chi connectivity index (χ0) is 15.1. The Bertz CT molecular complexity index is 666. The highest BCUT2D eigenvalue weighted by atomic mass is 19.2. The van der Waals surface area contributed by atoms with Crippen LogP contribution in [-0.4, -0.2) is 10.2 Å². The average molecular weight is 282 g/mol. The minimum absolute atomic E-state index is 0.124. The van der Waals surface area contributed by atoms with E-state index in [2.05, 4.69) is 0 Å². The van der Waals surface area contributed by atoms with Crippen LogP contribution in [0.2, 0.25) is 0 Å². The SMILES string of the molecule is CC(C)(c1ccccc1O)c1c(O)cc(F)c(F)c1F. The van der Waals surface area contributed by atoms with Crippen molar-refractivity contribution in [1.29, 1.82) is 0 Å². The summed E-state index contributed by atoms with van der Waals surface area (Å²) in [5.74, 6) is -5.40. The van der Waals surface area contributed by atoms with Gasteiger partial charge in [-0.05, 0) is 6.07 Å². The van der Waals surface area contributed by atoms with E-state index in [1.54, 1.807) is 12.1 Å². The van der Waals surface area contributed by atoms with Crippen molar-refractivity contribution in [3.63, 3.8) is 0 Å². The third kappa shape index (κ3) is 2.09. The number of aromatic hydroxyl groups is 2. The molecule has 2 nitrogen and oxygen atoms in total. The molecule has 2 aromatic rings. The summed E-state index contributed by atoms with van der Waals surface area (Å²) >= 11 is 0. The van der Waals surface area contributed by atoms with Crippen molar-refractivity contribution in [2.45, 2.75) is 19.3 Å². The molecule has 2 aromatic carbocycles. The third-order valence-corrected chi connectivity index (χ3v) is 3.34. The number of phenols is 2. The van der Waals surface area contributed by atoms with Gasteiger partial charge in [-0.25, -0.2) is 13.2 Å². The monoisotopic (exact) mass is 282 g/mol. The van der Waals surface area contributed by atoms with Gasteiger partial charge in [0, 0.05) is 22.6 Å². The zero-order valence-corrected chi connectivity index (χ0v) is 10.9. The fourth-order valence-electron chi connectivity index (χ4n) is 2.31. The number of halogens is 3. The van der Waals surface area contributed by atoms with Crippen molar-refractivity contribution < 1.29 is 23.4 Å². The molecule has 0 fully saturated rings. The lowest BCUT2D eigenvalue weighted by Crippen LogP contribution is -2.22. The van der Waals surface area contributed by atoms with E-state index in [0.717, 1.165) is 0 Å². The van der Waals surface area contributed by atoms with E-state index >= 15 is 0 Å². The lowest BCUT2D eigenvalue weighted by Gasteiger charge is -2.28. The van der Waals surface area contributed by atoms with E-state index in [0.29, 0.717) is 11.6 Å². The maximum absolute atomic E-state index is 14.0. The molecule has 0 amide bonds. The first-order chi connectivity index (χ1) is 9.26. The van der Waals surface area contributed by atoms with Crippen LogP contribution >= 0.6 is 0 Å². The van der Waals surface area contributed by atoms with Gasteiger partial charge in [-0.1, -0.05) is 32.0 Å². The molecule has 20 heavy (non-hydrogen) atoms. The summed E-state index contributed by atoms with van der Waals surface area (Å²) in [5.41, 5.74) is -1.35. The van der Waals surface area contributed by atoms with Crippen molar-refractivity contribution in [3.05, 3.63) is 58.9 Å². The molecule has 5 heteroatoms. The number of hydrogen-bond donors (Lipinski definition) is 2. The van der Waals surface area contributed by atoms with Gasteiger partial charge < -0.3 is 10.2 Å². The Labute approximate surface area is 114 Å². The van der Waals surface area contributed by atoms with Crippen LogP contribution in [0.15, 0.2) is 30.3 Å². The number of hydrogen-bond acceptors (Lipinski definition) is 2. The molecule has 0 aromatic heterocycles. The Balaban J connectivity index is 2.73. The van der Waals surface area contributed by atoms with E-state index in [-0.39, 0.29) is 5.75 Å². The van der Waals surface area contributed by atoms with Crippen molar-refractivity contribution in [2.75, 3.05) is 0 Å². The molecule has 106 valence electrons. The fraction of sp³-hybridized carbons (Fsp3) is 0.200. The van der Waals surface area contributed by atoms with E-state index in [4.69, 9.17) is 0 Å². The fourth-order valence-corrected chi connectivity index (χ4v) is 2.31. The lowest BCUT2D eigenvalue weighted by atomic mass is 9.77. The predicted octanol–water partition coefficient (Wildman–Crippen LogP) is 3.84. The maximum atomic E-state index is 14.0. The highest BCUT2D eigenvalue weighted by Crippen LogP contribution is 2.42. The molecule has 0 saturated heterocycles. The van der Waals surface area contributed by atoms with Gasteiger partial charge in [0.2, 0.25) is 0 Å². The van der Waals surface area contributed by atoms with Gasteiger partial charge in [-0.2, -0.15) is 0 Å². The standard InChI is InChI=1S/C15H13F3O2/c1-15(2,8-5-3-4-6-10(8)19)12-11(20)7-9(16)13(17)14(12)18/h3-7,19-20H,1-2H3. The molecule has 0 aliphatic carbocycles. The number of benzene rings is 2. The molecule has 2 N–H and O–H groups in total. The van der Waals surface area contributed by atoms with Crippen molar-refractivity contribution >= 4 is 0 Å². The van der Waals surface area contributed by atoms with Crippen LogP contribution in [-0.2, 0) is 5.41 Å². The molecule has 0 atom stereocenters. The molecular weight excluding hydrogens is 269 g/mol. The van der Waals surface area contributed by atoms with Crippen LogP contribution in [0, 0.1) is 17.5 Å². The summed E-state index contributed by atoms with van der Waals surface area (Å²) in [7, 11) is 0. The van der Waals surface area contributed by atoms with Crippen LogP contribution < -0.4 is 0 Å². The van der Waals surface area contributed by atoms with Gasteiger partial charge in [0.25, 0.3) is 0 Å². The van der Waals surface area contributed by atoms with Gasteiger partial charge in [-0.15, -0.1) is 0 Å². The molecule has 0 spiro atoms. The summed E-state index contributed by atoms with van der Waals surface area (Å²) in [6.07, 6.45) is 0. The summed E-state index contributed by atoms with van der Waals surface area (Å²) in [4.78, 5) is 0. The second-order valence-corrected chi connectivity index (χ2v) is 5.02. The Hall–Kier alpha value is -2.17. The summed E-state index contributed by atoms with van der Waals surface area (Å²) < 4.78 is 40.4. The molecule has 0 aliphatic rings. The summed E-state index contributed by atoms with van der Waals surface area (Å²) in [5, 5.41) is 19.6. The third-order valence-electron chi connectivity index (χ3n) is 3.34. The highest BCUT2D eigenvalue weighted by Gasteiger charge is 2.34. The minimum Gasteiger partial charge on any atom is -0.508 e. The van der Waals surface area contributed by atoms with Crippen LogP contribution in [0.25, 0.3) is 0 Å². The van der Waals surface area contributed by atoms with Crippen molar-refractivity contribution in [2.24, 2.45) is 0 Å². The Morgan fingerprint density at radius 2 is 1.50 bits per heavy atom. The van der Waals surface area contributed by atoms with Crippen LogP contribution in [0.3, 0.4) is 0 Å². The van der Waals surface area contributed by atoms with E-state index < -0.39 is 34.2 Å². The van der Waals surface area contributed by atoms with Gasteiger partial charge in [0.15, 0.2) is 17.5 Å². The first kappa shape index (κ1) is 14.2. The number of rotatable bonds is 2. The van der Waals surface area contributed by atoms with E-state index in [9.17, 15) is 23.4 Å². The Kier molecular flexibility index (Phi) is 3.38. The normalized spacial score (nSPS) is 11.7. The lowest BCUT2D eigenvalue weighted by molar-refractivity contribution is 0.387. The first-order valence-corrected chi connectivity index (χ1v) is 5.92. The number of para-hydroxylation sites is 1. The zero-order valence-electron chi connectivity index (χ0n) is 10.9. The minimum atomic E-state index is -1.65. The maximum Gasteiger partial charge on any atom is 0.194 e. The average Bonchev–Trinajstić information content (AvgIpc) is 2.36. The second-order valence-electron chi connectivity index (χ2n) is 5.02. The largest absolute Gasteiger partial charge is 0.508 e. The van der Waals surface area contributed by atoms with E-state index in [1.165, 1.54) is 26.0 Å². The summed E-state index contributed by atoms with van der Waals surface area (Å²) in [6, 6.07) is 6.64. The molecule has 0 bridgehead atoms. The molecule has 0 aliphatic heterocycles. The molecular formula is C15H13F3O2. The summed E-state index contributed by atoms with van der Waals surface area (Å²) in [6.45, 7) is 3.00. The molecule has 0 unspecified atom stereocenters. The van der Waals surface area contributed by atoms with Gasteiger partial charge in [-0.3, -0.25) is 0 Å². The van der Waals surface area contributed by atoms with Crippen molar-refractivity contribution in [3.8, 4) is 11.5 Å². The van der Waals surface area contributed by atoms with Crippen molar-refractivity contribution in [1.82, 2.24) is 0 Å². The molecule has 0 radical (unpaired) electrons. The van der Waals surface area contributed by atoms with Gasteiger partial charge >= 0.3 is 0 Å². The Morgan fingerprint density at radius 1 is 0.900 bits per heavy atom. The molecule has 0 heterocycles. The quantitative estimate of drug-likeness (QED) is 0.822. The van der Waals surface area contributed by atoms with E-state index in [1.807, 2.05) is 0 Å². The first-order valence-electron chi connectivity index (χ1n) is 5.92. The van der Waals surface area contributed by atoms with Gasteiger partial charge in [0.05, 0.1) is 0 Å². The molecule has 0 saturated carbocycles. The second kappa shape index (κ2) is 4.74. The molecule has 2 rings (SSSR count). The predicted molar refractivity (Wildman–Crippen MR) is 68.2 cm³/mol. The smallest absolute Gasteiger partial charge is 0.194 e. The Morgan fingerprint density at radius 3 is 2.10 bits per heavy atom.